The highest BCUT2D eigenvalue weighted by Gasteiger charge is 2.38. The molecule has 5 heteroatoms. The molecule has 1 aromatic rings. The average molecular weight is 450 g/mol. The van der Waals surface area contributed by atoms with Gasteiger partial charge in [-0.15, -0.1) is 30.6 Å². The van der Waals surface area contributed by atoms with Crippen LogP contribution in [0.2, 0.25) is 0 Å². The summed E-state index contributed by atoms with van der Waals surface area (Å²) in [5.41, 5.74) is 7.36. The number of hydrogen-bond acceptors (Lipinski definition) is 1. The molecule has 0 radical (unpaired) electrons. The topological polar surface area (TPSA) is 50.4 Å². The van der Waals surface area contributed by atoms with Crippen molar-refractivity contribution in [2.75, 3.05) is 13.1 Å². The first-order valence-corrected chi connectivity index (χ1v) is 7.36. The van der Waals surface area contributed by atoms with E-state index in [1.807, 2.05) is 0 Å². The van der Waals surface area contributed by atoms with Crippen LogP contribution in [0.15, 0.2) is 46.4 Å². The molecule has 1 saturated carbocycles. The van der Waals surface area contributed by atoms with Crippen LogP contribution in [0.25, 0.3) is 0 Å². The summed E-state index contributed by atoms with van der Waals surface area (Å²) in [6.07, 6.45) is 5.40. The maximum Gasteiger partial charge on any atom is 0.188 e. The van der Waals surface area contributed by atoms with Crippen LogP contribution in [0.1, 0.15) is 24.8 Å². The van der Waals surface area contributed by atoms with Crippen molar-refractivity contribution >= 4 is 45.9 Å². The number of benzene rings is 1. The lowest BCUT2D eigenvalue weighted by molar-refractivity contribution is 0.253. The summed E-state index contributed by atoms with van der Waals surface area (Å²) >= 11 is 3.54. The van der Waals surface area contributed by atoms with Crippen LogP contribution in [0.5, 0.6) is 0 Å². The molecule has 2 rings (SSSR count). The number of nitrogens with zero attached hydrogens (tertiary/aromatic N) is 1. The predicted octanol–water partition coefficient (Wildman–Crippen LogP) is 3.58. The first-order chi connectivity index (χ1) is 9.16. The molecule has 0 atom stereocenters. The van der Waals surface area contributed by atoms with Gasteiger partial charge in [0.25, 0.3) is 0 Å². The molecule has 110 valence electrons. The fourth-order valence-electron chi connectivity index (χ4n) is 2.43. The first-order valence-electron chi connectivity index (χ1n) is 6.57. The lowest BCUT2D eigenvalue weighted by atomic mass is 9.64. The zero-order valence-electron chi connectivity index (χ0n) is 11.4. The Balaban J connectivity index is 0.00000200. The molecule has 3 N–H and O–H groups in total. The third kappa shape index (κ3) is 4.22. The van der Waals surface area contributed by atoms with Crippen molar-refractivity contribution in [3.63, 3.8) is 0 Å². The Morgan fingerprint density at radius 2 is 2.25 bits per heavy atom. The van der Waals surface area contributed by atoms with Crippen LogP contribution < -0.4 is 11.1 Å². The van der Waals surface area contributed by atoms with E-state index in [0.717, 1.165) is 11.0 Å². The van der Waals surface area contributed by atoms with E-state index in [4.69, 9.17) is 5.73 Å². The van der Waals surface area contributed by atoms with Gasteiger partial charge < -0.3 is 11.1 Å². The molecule has 1 aliphatic rings. The molecule has 1 aromatic carbocycles. The quantitative estimate of drug-likeness (QED) is 0.312. The van der Waals surface area contributed by atoms with Gasteiger partial charge in [-0.1, -0.05) is 40.6 Å². The highest BCUT2D eigenvalue weighted by Crippen LogP contribution is 2.44. The average Bonchev–Trinajstić information content (AvgIpc) is 2.35. The van der Waals surface area contributed by atoms with Crippen molar-refractivity contribution in [2.45, 2.75) is 24.7 Å². The number of guanidine groups is 1. The SMILES string of the molecule is C=CCNC(N)=NCC1(c2cccc(Br)c2)CCC1.I. The van der Waals surface area contributed by atoms with Gasteiger partial charge in [-0.2, -0.15) is 0 Å². The van der Waals surface area contributed by atoms with E-state index in [2.05, 4.69) is 57.1 Å². The van der Waals surface area contributed by atoms with E-state index in [1.165, 1.54) is 24.8 Å². The summed E-state index contributed by atoms with van der Waals surface area (Å²) in [4.78, 5) is 4.48. The minimum Gasteiger partial charge on any atom is -0.370 e. The Labute approximate surface area is 146 Å². The van der Waals surface area contributed by atoms with Crippen molar-refractivity contribution in [3.8, 4) is 0 Å². The van der Waals surface area contributed by atoms with Crippen LogP contribution in [-0.4, -0.2) is 19.0 Å². The van der Waals surface area contributed by atoms with Gasteiger partial charge in [0, 0.05) is 16.4 Å². The largest absolute Gasteiger partial charge is 0.370 e. The minimum atomic E-state index is 0. The number of halogens is 2. The molecule has 20 heavy (non-hydrogen) atoms. The van der Waals surface area contributed by atoms with E-state index in [-0.39, 0.29) is 29.4 Å². The minimum absolute atomic E-state index is 0. The molecular formula is C15H21BrIN3. The standard InChI is InChI=1S/C15H20BrN3.HI/c1-2-9-18-14(17)19-11-15(7-4-8-15)12-5-3-6-13(16)10-12;/h2-3,5-6,10H,1,4,7-9,11H2,(H3,17,18,19);1H. The molecule has 0 unspecified atom stereocenters. The summed E-state index contributed by atoms with van der Waals surface area (Å²) in [7, 11) is 0. The second kappa shape index (κ2) is 8.02. The van der Waals surface area contributed by atoms with Gasteiger partial charge in [0.2, 0.25) is 0 Å². The second-order valence-electron chi connectivity index (χ2n) is 5.02. The van der Waals surface area contributed by atoms with E-state index in [1.54, 1.807) is 6.08 Å². The lowest BCUT2D eigenvalue weighted by Crippen LogP contribution is -2.40. The van der Waals surface area contributed by atoms with E-state index in [0.29, 0.717) is 12.5 Å². The molecule has 0 aliphatic heterocycles. The van der Waals surface area contributed by atoms with E-state index < -0.39 is 0 Å². The molecule has 0 heterocycles. The normalized spacial score (nSPS) is 16.8. The molecule has 1 aliphatic carbocycles. The second-order valence-corrected chi connectivity index (χ2v) is 5.93. The fraction of sp³-hybridized carbons (Fsp3) is 0.400. The number of hydrogen-bond donors (Lipinski definition) is 2. The van der Waals surface area contributed by atoms with E-state index >= 15 is 0 Å². The van der Waals surface area contributed by atoms with Gasteiger partial charge in [0.1, 0.15) is 0 Å². The van der Waals surface area contributed by atoms with Gasteiger partial charge in [-0.05, 0) is 30.5 Å². The van der Waals surface area contributed by atoms with Gasteiger partial charge in [-0.3, -0.25) is 4.99 Å². The van der Waals surface area contributed by atoms with Gasteiger partial charge >= 0.3 is 0 Å². The van der Waals surface area contributed by atoms with Crippen LogP contribution in [0, 0.1) is 0 Å². The van der Waals surface area contributed by atoms with Crippen molar-refractivity contribution in [2.24, 2.45) is 10.7 Å². The molecule has 1 fully saturated rings. The molecule has 3 nitrogen and oxygen atoms in total. The van der Waals surface area contributed by atoms with Crippen LogP contribution in [0.3, 0.4) is 0 Å². The Bertz CT molecular complexity index is 484. The molecule has 0 aromatic heterocycles. The van der Waals surface area contributed by atoms with Gasteiger partial charge in [0.05, 0.1) is 6.54 Å². The van der Waals surface area contributed by atoms with Crippen molar-refractivity contribution < 1.29 is 0 Å². The maximum absolute atomic E-state index is 5.84. The molecule has 0 saturated heterocycles. The summed E-state index contributed by atoms with van der Waals surface area (Å²) in [5.74, 6) is 0.501. The first kappa shape index (κ1) is 17.5. The molecule has 0 amide bonds. The van der Waals surface area contributed by atoms with Crippen LogP contribution in [0.4, 0.5) is 0 Å². The van der Waals surface area contributed by atoms with E-state index in [9.17, 15) is 0 Å². The van der Waals surface area contributed by atoms with Crippen LogP contribution in [-0.2, 0) is 5.41 Å². The summed E-state index contributed by atoms with van der Waals surface area (Å²) in [6.45, 7) is 5.05. The molecular weight excluding hydrogens is 429 g/mol. The fourth-order valence-corrected chi connectivity index (χ4v) is 2.83. The zero-order chi connectivity index (χ0) is 13.7. The summed E-state index contributed by atoms with van der Waals surface area (Å²) < 4.78 is 1.12. The highest BCUT2D eigenvalue weighted by atomic mass is 127. The Morgan fingerprint density at radius 3 is 2.80 bits per heavy atom. The van der Waals surface area contributed by atoms with Gasteiger partial charge in [0.15, 0.2) is 5.96 Å². The number of rotatable bonds is 5. The Hall–Kier alpha value is -0.560. The number of aliphatic imine (C=N–C) groups is 1. The maximum atomic E-state index is 5.84. The number of nitrogens with one attached hydrogen (secondary N) is 1. The third-order valence-electron chi connectivity index (χ3n) is 3.73. The van der Waals surface area contributed by atoms with Crippen molar-refractivity contribution in [1.82, 2.24) is 5.32 Å². The predicted molar refractivity (Wildman–Crippen MR) is 99.8 cm³/mol. The third-order valence-corrected chi connectivity index (χ3v) is 4.22. The smallest absolute Gasteiger partial charge is 0.188 e. The van der Waals surface area contributed by atoms with Crippen molar-refractivity contribution in [1.29, 1.82) is 0 Å². The number of nitrogens with two attached hydrogens (primary N) is 1. The van der Waals surface area contributed by atoms with Gasteiger partial charge in [-0.25, -0.2) is 0 Å². The lowest BCUT2D eigenvalue weighted by Gasteiger charge is -2.41. The Kier molecular flexibility index (Phi) is 7.02. The zero-order valence-corrected chi connectivity index (χ0v) is 15.4. The molecule has 0 spiro atoms. The summed E-state index contributed by atoms with van der Waals surface area (Å²) in [5, 5.41) is 3.02. The summed E-state index contributed by atoms with van der Waals surface area (Å²) in [6, 6.07) is 8.52. The molecule has 0 bridgehead atoms. The van der Waals surface area contributed by atoms with Crippen LogP contribution >= 0.6 is 39.9 Å². The monoisotopic (exact) mass is 449 g/mol. The van der Waals surface area contributed by atoms with Crippen molar-refractivity contribution in [3.05, 3.63) is 47.0 Å². The Morgan fingerprint density at radius 1 is 1.50 bits per heavy atom. The highest BCUT2D eigenvalue weighted by molar-refractivity contribution is 14.0.